The number of benzene rings is 1. The van der Waals surface area contributed by atoms with Crippen LogP contribution in [0.25, 0.3) is 0 Å². The standard InChI is InChI=1S/C14H16N4O2S/c1-15-13(20)10-4-3-5-11(8-10)17-12(19)9-21-14-16-6-7-18(14)2/h3-8H,9H2,1-2H3,(H,15,20)(H,17,19). The molecule has 2 N–H and O–H groups in total. The summed E-state index contributed by atoms with van der Waals surface area (Å²) < 4.78 is 1.85. The fourth-order valence-electron chi connectivity index (χ4n) is 1.70. The number of carbonyl (C=O) groups is 2. The maximum atomic E-state index is 11.9. The number of nitrogens with zero attached hydrogens (tertiary/aromatic N) is 2. The topological polar surface area (TPSA) is 76.0 Å². The Morgan fingerprint density at radius 2 is 2.19 bits per heavy atom. The van der Waals surface area contributed by atoms with Crippen LogP contribution in [0.15, 0.2) is 41.8 Å². The van der Waals surface area contributed by atoms with Crippen LogP contribution >= 0.6 is 11.8 Å². The summed E-state index contributed by atoms with van der Waals surface area (Å²) in [4.78, 5) is 27.6. The zero-order valence-corrected chi connectivity index (χ0v) is 12.6. The van der Waals surface area contributed by atoms with Crippen LogP contribution in [0, 0.1) is 0 Å². The van der Waals surface area contributed by atoms with Gasteiger partial charge in [-0.25, -0.2) is 4.98 Å². The van der Waals surface area contributed by atoms with Gasteiger partial charge in [-0.15, -0.1) is 0 Å². The Labute approximate surface area is 126 Å². The predicted octanol–water partition coefficient (Wildman–Crippen LogP) is 1.51. The van der Waals surface area contributed by atoms with E-state index in [1.165, 1.54) is 11.8 Å². The molecule has 2 aromatic rings. The first-order chi connectivity index (χ1) is 10.1. The van der Waals surface area contributed by atoms with Crippen LogP contribution in [0.4, 0.5) is 5.69 Å². The molecule has 0 aliphatic heterocycles. The highest BCUT2D eigenvalue weighted by Gasteiger charge is 2.08. The minimum absolute atomic E-state index is 0.142. The van der Waals surface area contributed by atoms with Crippen molar-refractivity contribution in [1.82, 2.24) is 14.9 Å². The number of imidazole rings is 1. The van der Waals surface area contributed by atoms with E-state index in [1.807, 2.05) is 17.8 Å². The summed E-state index contributed by atoms with van der Waals surface area (Å²) in [5.41, 5.74) is 1.11. The molecular formula is C14H16N4O2S. The highest BCUT2D eigenvalue weighted by atomic mass is 32.2. The second-order valence-corrected chi connectivity index (χ2v) is 5.26. The molecule has 6 nitrogen and oxygen atoms in total. The molecule has 0 aliphatic rings. The fraction of sp³-hybridized carbons (Fsp3) is 0.214. The van der Waals surface area contributed by atoms with Crippen molar-refractivity contribution in [3.05, 3.63) is 42.2 Å². The minimum atomic E-state index is -0.187. The lowest BCUT2D eigenvalue weighted by Gasteiger charge is -2.07. The summed E-state index contributed by atoms with van der Waals surface area (Å²) in [5.74, 6) is -0.0692. The molecule has 0 fully saturated rings. The van der Waals surface area contributed by atoms with E-state index in [1.54, 1.807) is 37.5 Å². The predicted molar refractivity (Wildman–Crippen MR) is 82.4 cm³/mol. The zero-order valence-electron chi connectivity index (χ0n) is 11.8. The van der Waals surface area contributed by atoms with Crippen molar-refractivity contribution in [2.45, 2.75) is 5.16 Å². The van der Waals surface area contributed by atoms with E-state index < -0.39 is 0 Å². The first-order valence-corrected chi connectivity index (χ1v) is 7.31. The normalized spacial score (nSPS) is 10.2. The summed E-state index contributed by atoms with van der Waals surface area (Å²) in [5, 5.41) is 6.09. The summed E-state index contributed by atoms with van der Waals surface area (Å²) in [6.07, 6.45) is 3.51. The lowest BCUT2D eigenvalue weighted by molar-refractivity contribution is -0.113. The van der Waals surface area contributed by atoms with Crippen LogP contribution in [0.3, 0.4) is 0 Å². The molecule has 0 spiro atoms. The molecule has 0 saturated heterocycles. The van der Waals surface area contributed by atoms with Gasteiger partial charge in [-0.3, -0.25) is 9.59 Å². The van der Waals surface area contributed by atoms with Gasteiger partial charge in [0.1, 0.15) is 0 Å². The second kappa shape index (κ2) is 6.94. The van der Waals surface area contributed by atoms with Crippen molar-refractivity contribution in [2.24, 2.45) is 7.05 Å². The van der Waals surface area contributed by atoms with Gasteiger partial charge >= 0.3 is 0 Å². The molecule has 0 saturated carbocycles. The van der Waals surface area contributed by atoms with Crippen molar-refractivity contribution in [2.75, 3.05) is 18.1 Å². The van der Waals surface area contributed by atoms with Crippen LogP contribution in [-0.2, 0) is 11.8 Å². The molecule has 1 aromatic heterocycles. The molecule has 0 bridgehead atoms. The third kappa shape index (κ3) is 4.09. The van der Waals surface area contributed by atoms with E-state index in [0.29, 0.717) is 11.3 Å². The van der Waals surface area contributed by atoms with Gasteiger partial charge in [0.05, 0.1) is 5.75 Å². The Balaban J connectivity index is 1.93. The summed E-state index contributed by atoms with van der Waals surface area (Å²) in [6, 6.07) is 6.81. The van der Waals surface area contributed by atoms with Gasteiger partial charge in [0.2, 0.25) is 5.91 Å². The number of hydrogen-bond donors (Lipinski definition) is 2. The highest BCUT2D eigenvalue weighted by molar-refractivity contribution is 7.99. The maximum absolute atomic E-state index is 11.9. The first-order valence-electron chi connectivity index (χ1n) is 6.32. The Hall–Kier alpha value is -2.28. The van der Waals surface area contributed by atoms with Crippen molar-refractivity contribution < 1.29 is 9.59 Å². The molecule has 2 amide bonds. The molecule has 7 heteroatoms. The molecule has 0 aliphatic carbocycles. The summed E-state index contributed by atoms with van der Waals surface area (Å²) in [6.45, 7) is 0. The molecule has 21 heavy (non-hydrogen) atoms. The molecule has 2 rings (SSSR count). The molecule has 110 valence electrons. The third-order valence-corrected chi connectivity index (χ3v) is 3.80. The zero-order chi connectivity index (χ0) is 15.2. The van der Waals surface area contributed by atoms with Gasteiger partial charge in [-0.05, 0) is 18.2 Å². The van der Waals surface area contributed by atoms with E-state index >= 15 is 0 Å². The number of aromatic nitrogens is 2. The number of carbonyl (C=O) groups excluding carboxylic acids is 2. The smallest absolute Gasteiger partial charge is 0.251 e. The Bertz CT molecular complexity index is 654. The van der Waals surface area contributed by atoms with Crippen molar-refractivity contribution in [3.63, 3.8) is 0 Å². The lowest BCUT2D eigenvalue weighted by Crippen LogP contribution is -2.19. The SMILES string of the molecule is CNC(=O)c1cccc(NC(=O)CSc2nccn2C)c1. The maximum Gasteiger partial charge on any atom is 0.251 e. The first kappa shape index (κ1) is 15.1. The molecule has 1 heterocycles. The van der Waals surface area contributed by atoms with E-state index in [2.05, 4.69) is 15.6 Å². The third-order valence-electron chi connectivity index (χ3n) is 2.74. The quantitative estimate of drug-likeness (QED) is 0.821. The summed E-state index contributed by atoms with van der Waals surface area (Å²) in [7, 11) is 3.44. The largest absolute Gasteiger partial charge is 0.355 e. The molecule has 1 aromatic carbocycles. The molecule has 0 atom stereocenters. The van der Waals surface area contributed by atoms with Crippen LogP contribution < -0.4 is 10.6 Å². The van der Waals surface area contributed by atoms with E-state index in [4.69, 9.17) is 0 Å². The van der Waals surface area contributed by atoms with Crippen LogP contribution in [0.1, 0.15) is 10.4 Å². The lowest BCUT2D eigenvalue weighted by atomic mass is 10.2. The van der Waals surface area contributed by atoms with Gasteiger partial charge in [0.15, 0.2) is 5.16 Å². The highest BCUT2D eigenvalue weighted by Crippen LogP contribution is 2.16. The van der Waals surface area contributed by atoms with Gasteiger partial charge in [0.25, 0.3) is 5.91 Å². The fourth-order valence-corrected chi connectivity index (χ4v) is 2.43. The Morgan fingerprint density at radius 1 is 1.38 bits per heavy atom. The monoisotopic (exact) mass is 304 g/mol. The summed E-state index contributed by atoms with van der Waals surface area (Å²) >= 11 is 1.36. The number of rotatable bonds is 5. The Kier molecular flexibility index (Phi) is 4.99. The van der Waals surface area contributed by atoms with E-state index in [0.717, 1.165) is 5.16 Å². The van der Waals surface area contributed by atoms with Crippen molar-refractivity contribution >= 4 is 29.3 Å². The molecule has 0 radical (unpaired) electrons. The van der Waals surface area contributed by atoms with E-state index in [9.17, 15) is 9.59 Å². The number of nitrogens with one attached hydrogen (secondary N) is 2. The van der Waals surface area contributed by atoms with Gasteiger partial charge in [-0.1, -0.05) is 17.8 Å². The number of hydrogen-bond acceptors (Lipinski definition) is 4. The Morgan fingerprint density at radius 3 is 2.86 bits per heavy atom. The van der Waals surface area contributed by atoms with Gasteiger partial charge < -0.3 is 15.2 Å². The number of amides is 2. The van der Waals surface area contributed by atoms with Crippen molar-refractivity contribution in [3.8, 4) is 0 Å². The average Bonchev–Trinajstić information content (AvgIpc) is 2.90. The van der Waals surface area contributed by atoms with Crippen LogP contribution in [0.5, 0.6) is 0 Å². The number of aryl methyl sites for hydroxylation is 1. The minimum Gasteiger partial charge on any atom is -0.355 e. The molecule has 0 unspecified atom stereocenters. The second-order valence-electron chi connectivity index (χ2n) is 4.32. The van der Waals surface area contributed by atoms with Crippen LogP contribution in [0.2, 0.25) is 0 Å². The van der Waals surface area contributed by atoms with Gasteiger partial charge in [0, 0.05) is 37.7 Å². The van der Waals surface area contributed by atoms with E-state index in [-0.39, 0.29) is 17.6 Å². The number of thioether (sulfide) groups is 1. The van der Waals surface area contributed by atoms with Crippen LogP contribution in [-0.4, -0.2) is 34.2 Å². The average molecular weight is 304 g/mol. The number of anilines is 1. The van der Waals surface area contributed by atoms with Crippen molar-refractivity contribution in [1.29, 1.82) is 0 Å². The molecular weight excluding hydrogens is 288 g/mol. The van der Waals surface area contributed by atoms with Gasteiger partial charge in [-0.2, -0.15) is 0 Å².